The molecule has 2 N–H and O–H groups in total. The van der Waals surface area contributed by atoms with Crippen molar-refractivity contribution in [2.75, 3.05) is 0 Å². The zero-order valence-electron chi connectivity index (χ0n) is 14.9. The summed E-state index contributed by atoms with van der Waals surface area (Å²) in [7, 11) is -4.34. The van der Waals surface area contributed by atoms with Gasteiger partial charge in [0, 0.05) is 0 Å². The minimum atomic E-state index is -4.34. The molecule has 4 nitrogen and oxygen atoms in total. The van der Waals surface area contributed by atoms with Crippen LogP contribution in [0.5, 0.6) is 0 Å². The van der Waals surface area contributed by atoms with E-state index in [4.69, 9.17) is 9.79 Å². The Bertz CT molecular complexity index is 318. The van der Waals surface area contributed by atoms with Crippen LogP contribution in [0.15, 0.2) is 12.3 Å². The zero-order chi connectivity index (χ0) is 17.2. The van der Waals surface area contributed by atoms with Crippen LogP contribution in [0.1, 0.15) is 103 Å². The summed E-state index contributed by atoms with van der Waals surface area (Å²) in [6.07, 6.45) is 22.3. The van der Waals surface area contributed by atoms with Crippen molar-refractivity contribution in [2.45, 2.75) is 103 Å². The van der Waals surface area contributed by atoms with E-state index < -0.39 is 7.82 Å². The molecule has 0 aliphatic carbocycles. The molecule has 0 saturated carbocycles. The summed E-state index contributed by atoms with van der Waals surface area (Å²) in [6.45, 7) is 2.26. The second-order valence-corrected chi connectivity index (χ2v) is 7.54. The summed E-state index contributed by atoms with van der Waals surface area (Å²) in [5, 5.41) is 0. The van der Waals surface area contributed by atoms with Gasteiger partial charge in [-0.05, 0) is 18.9 Å². The van der Waals surface area contributed by atoms with Gasteiger partial charge in [0.15, 0.2) is 0 Å². The maximum atomic E-state index is 10.4. The van der Waals surface area contributed by atoms with E-state index in [1.54, 1.807) is 6.08 Å². The van der Waals surface area contributed by atoms with Gasteiger partial charge in [-0.15, -0.1) is 0 Å². The molecule has 0 rings (SSSR count). The van der Waals surface area contributed by atoms with E-state index in [9.17, 15) is 4.57 Å². The van der Waals surface area contributed by atoms with Crippen molar-refractivity contribution in [2.24, 2.45) is 0 Å². The predicted octanol–water partition coefficient (Wildman–Crippen LogP) is 5.83. The van der Waals surface area contributed by atoms with Crippen LogP contribution in [-0.4, -0.2) is 61.2 Å². The number of unbranched alkanes of at least 4 members (excludes halogenated alkanes) is 14. The second kappa shape index (κ2) is 20.6. The third-order valence-electron chi connectivity index (χ3n) is 4.02. The third kappa shape index (κ3) is 25.6. The number of phosphoric ester groups is 1. The molecule has 0 unspecified atom stereocenters. The monoisotopic (exact) mass is 388 g/mol. The molecule has 0 aromatic carbocycles. The van der Waals surface area contributed by atoms with Gasteiger partial charge in [-0.2, -0.15) is 0 Å². The normalized spacial score (nSPS) is 11.6. The van der Waals surface area contributed by atoms with Gasteiger partial charge in [-0.3, -0.25) is 9.79 Å². The van der Waals surface area contributed by atoms with Crippen molar-refractivity contribution in [1.82, 2.24) is 0 Å². The van der Waals surface area contributed by atoms with Crippen LogP contribution >= 0.6 is 7.82 Å². The van der Waals surface area contributed by atoms with Crippen LogP contribution in [-0.2, 0) is 9.09 Å². The molecule has 0 saturated heterocycles. The number of allylic oxidation sites excluding steroid dienone is 1. The quantitative estimate of drug-likeness (QED) is 0.142. The van der Waals surface area contributed by atoms with E-state index in [-0.39, 0.29) is 51.4 Å². The van der Waals surface area contributed by atoms with Crippen LogP contribution in [0.25, 0.3) is 0 Å². The molecule has 0 heterocycles. The molecule has 0 spiro atoms. The molecular formula is C18H38KO4P. The molecule has 0 aromatic heterocycles. The Morgan fingerprint density at radius 2 is 1.12 bits per heavy atom. The van der Waals surface area contributed by atoms with E-state index in [2.05, 4.69) is 11.4 Å². The summed E-state index contributed by atoms with van der Waals surface area (Å²) in [5.41, 5.74) is 0. The Kier molecular flexibility index (Phi) is 23.7. The molecule has 24 heavy (non-hydrogen) atoms. The van der Waals surface area contributed by atoms with Gasteiger partial charge >= 0.3 is 59.2 Å². The van der Waals surface area contributed by atoms with E-state index in [0.717, 1.165) is 19.1 Å². The van der Waals surface area contributed by atoms with E-state index in [1.807, 2.05) is 0 Å². The second-order valence-electron chi connectivity index (χ2n) is 6.35. The summed E-state index contributed by atoms with van der Waals surface area (Å²) in [4.78, 5) is 17.0. The molecule has 0 atom stereocenters. The maximum absolute atomic E-state index is 10.4. The van der Waals surface area contributed by atoms with Gasteiger partial charge in [0.2, 0.25) is 0 Å². The standard InChI is InChI=1S/C18H37O4P.K.H/c1-2-3-4-5-6-7-8-9-10-11-12-13-14-15-16-17-18-22-23(19,20)21;;/h17-18H,2-16H2,1H3,(H2,19,20,21);;. The number of hydrogen-bond acceptors (Lipinski definition) is 2. The SMILES string of the molecule is CCCCCCCCCCCCCCCCC=COP(=O)(O)O.[KH]. The van der Waals surface area contributed by atoms with Gasteiger partial charge < -0.3 is 4.52 Å². The van der Waals surface area contributed by atoms with Crippen molar-refractivity contribution in [1.29, 1.82) is 0 Å². The number of phosphoric acid groups is 1. The van der Waals surface area contributed by atoms with E-state index >= 15 is 0 Å². The first-order valence-corrected chi connectivity index (χ1v) is 11.0. The van der Waals surface area contributed by atoms with Crippen LogP contribution < -0.4 is 0 Å². The van der Waals surface area contributed by atoms with Crippen LogP contribution in [0, 0.1) is 0 Å². The Balaban J connectivity index is 0. The molecule has 6 heteroatoms. The van der Waals surface area contributed by atoms with Crippen LogP contribution in [0.4, 0.5) is 0 Å². The van der Waals surface area contributed by atoms with Crippen molar-refractivity contribution >= 4 is 59.2 Å². The van der Waals surface area contributed by atoms with Crippen molar-refractivity contribution in [3.05, 3.63) is 12.3 Å². The van der Waals surface area contributed by atoms with Gasteiger partial charge in [0.1, 0.15) is 0 Å². The first-order chi connectivity index (χ1) is 11.1. The number of rotatable bonds is 17. The average molecular weight is 389 g/mol. The molecule has 0 fully saturated rings. The molecule has 0 amide bonds. The molecule has 0 aromatic rings. The van der Waals surface area contributed by atoms with Gasteiger partial charge in [0.25, 0.3) is 0 Å². The molecule has 0 bridgehead atoms. The van der Waals surface area contributed by atoms with E-state index in [1.165, 1.54) is 83.5 Å². The first-order valence-electron chi connectivity index (χ1n) is 9.45. The van der Waals surface area contributed by atoms with Crippen molar-refractivity contribution in [3.63, 3.8) is 0 Å². The summed E-state index contributed by atoms with van der Waals surface area (Å²) in [5.74, 6) is 0. The first kappa shape index (κ1) is 27.5. The third-order valence-corrected chi connectivity index (χ3v) is 4.42. The summed E-state index contributed by atoms with van der Waals surface area (Å²) < 4.78 is 14.6. The Morgan fingerprint density at radius 1 is 0.750 bits per heavy atom. The fourth-order valence-corrected chi connectivity index (χ4v) is 2.89. The summed E-state index contributed by atoms with van der Waals surface area (Å²) >= 11 is 0. The molecule has 0 aliphatic rings. The Labute approximate surface area is 191 Å². The van der Waals surface area contributed by atoms with Crippen LogP contribution in [0.2, 0.25) is 0 Å². The number of hydrogen-bond donors (Lipinski definition) is 2. The average Bonchev–Trinajstić information content (AvgIpc) is 2.49. The van der Waals surface area contributed by atoms with Crippen molar-refractivity contribution < 1.29 is 18.9 Å². The topological polar surface area (TPSA) is 66.8 Å². The molecule has 140 valence electrons. The Hall–Kier alpha value is 1.33. The fourth-order valence-electron chi connectivity index (χ4n) is 2.65. The zero-order valence-corrected chi connectivity index (χ0v) is 15.8. The van der Waals surface area contributed by atoms with Crippen molar-refractivity contribution in [3.8, 4) is 0 Å². The fraction of sp³-hybridized carbons (Fsp3) is 0.889. The van der Waals surface area contributed by atoms with E-state index in [0.29, 0.717) is 0 Å². The minimum absolute atomic E-state index is 0. The Morgan fingerprint density at radius 3 is 1.50 bits per heavy atom. The van der Waals surface area contributed by atoms with Crippen LogP contribution in [0.3, 0.4) is 0 Å². The predicted molar refractivity (Wildman–Crippen MR) is 104 cm³/mol. The summed E-state index contributed by atoms with van der Waals surface area (Å²) in [6, 6.07) is 0. The molecular weight excluding hydrogens is 350 g/mol. The molecule has 0 aliphatic heterocycles. The van der Waals surface area contributed by atoms with Gasteiger partial charge in [0.05, 0.1) is 6.26 Å². The molecule has 0 radical (unpaired) electrons. The van der Waals surface area contributed by atoms with Gasteiger partial charge in [-0.25, -0.2) is 4.57 Å². The van der Waals surface area contributed by atoms with Gasteiger partial charge in [-0.1, -0.05) is 90.4 Å².